The maximum Gasteiger partial charge on any atom is 0.257 e. The van der Waals surface area contributed by atoms with E-state index in [1.54, 1.807) is 16.7 Å². The maximum atomic E-state index is 12.9. The maximum absolute atomic E-state index is 12.9. The zero-order chi connectivity index (χ0) is 22.3. The average Bonchev–Trinajstić information content (AvgIpc) is 2.78. The monoisotopic (exact) mass is 484 g/mol. The van der Waals surface area contributed by atoms with E-state index in [0.29, 0.717) is 42.8 Å². The predicted octanol–water partition coefficient (Wildman–Crippen LogP) is 3.03. The minimum absolute atomic E-state index is 0.0322. The van der Waals surface area contributed by atoms with Gasteiger partial charge in [0.05, 0.1) is 30.8 Å². The molecule has 1 aliphatic heterocycles. The van der Waals surface area contributed by atoms with Gasteiger partial charge in [-0.3, -0.25) is 4.79 Å². The van der Waals surface area contributed by atoms with Crippen LogP contribution in [0.3, 0.4) is 0 Å². The number of thioether (sulfide) groups is 1. The van der Waals surface area contributed by atoms with E-state index in [9.17, 15) is 13.2 Å². The van der Waals surface area contributed by atoms with Gasteiger partial charge in [-0.05, 0) is 35.9 Å². The Morgan fingerprint density at radius 1 is 1.23 bits per heavy atom. The molecule has 0 aliphatic carbocycles. The Hall–Kier alpha value is -1.78. The van der Waals surface area contributed by atoms with Crippen molar-refractivity contribution in [2.45, 2.75) is 10.6 Å². The Bertz CT molecular complexity index is 1010. The molecule has 2 aromatic carbocycles. The Balaban J connectivity index is 1.61. The van der Waals surface area contributed by atoms with E-state index in [1.165, 1.54) is 25.3 Å². The standard InChI is InChI=1S/C21H25ClN2O5S2/c1-28-20-6-5-18(14-19(20)21(25)24-8-10-29-11-9-24)31(26,27)23-7-12-30-15-16-3-2-4-17(22)13-16/h2-6,13-14,23H,7-12,15H2,1H3. The van der Waals surface area contributed by atoms with Crippen LogP contribution in [0.15, 0.2) is 47.4 Å². The molecule has 0 saturated carbocycles. The zero-order valence-electron chi connectivity index (χ0n) is 17.2. The van der Waals surface area contributed by atoms with Crippen LogP contribution >= 0.6 is 23.4 Å². The SMILES string of the molecule is COc1ccc(S(=O)(=O)NCCSCc2cccc(Cl)c2)cc1C(=O)N1CCOCC1. The van der Waals surface area contributed by atoms with Gasteiger partial charge in [0.1, 0.15) is 5.75 Å². The summed E-state index contributed by atoms with van der Waals surface area (Å²) in [5.74, 6) is 1.41. The smallest absolute Gasteiger partial charge is 0.257 e. The highest BCUT2D eigenvalue weighted by Gasteiger charge is 2.24. The van der Waals surface area contributed by atoms with Gasteiger partial charge >= 0.3 is 0 Å². The van der Waals surface area contributed by atoms with Crippen molar-refractivity contribution in [3.63, 3.8) is 0 Å². The first kappa shape index (κ1) is 23.9. The molecule has 168 valence electrons. The molecule has 1 amide bonds. The van der Waals surface area contributed by atoms with Gasteiger partial charge in [0.15, 0.2) is 0 Å². The van der Waals surface area contributed by atoms with Gasteiger partial charge in [0.25, 0.3) is 5.91 Å². The number of rotatable bonds is 9. The number of hydrogen-bond acceptors (Lipinski definition) is 6. The van der Waals surface area contributed by atoms with E-state index in [-0.39, 0.29) is 22.9 Å². The van der Waals surface area contributed by atoms with E-state index in [4.69, 9.17) is 21.1 Å². The number of methoxy groups -OCH3 is 1. The molecule has 10 heteroatoms. The highest BCUT2D eigenvalue weighted by atomic mass is 35.5. The molecule has 1 fully saturated rings. The van der Waals surface area contributed by atoms with E-state index in [2.05, 4.69) is 4.72 Å². The molecule has 0 spiro atoms. The molecule has 0 atom stereocenters. The number of carbonyl (C=O) groups is 1. The van der Waals surface area contributed by atoms with Gasteiger partial charge in [0, 0.05) is 36.2 Å². The van der Waals surface area contributed by atoms with Crippen LogP contribution in [0.2, 0.25) is 5.02 Å². The molecule has 31 heavy (non-hydrogen) atoms. The van der Waals surface area contributed by atoms with Crippen molar-refractivity contribution in [2.24, 2.45) is 0 Å². The number of morpholine rings is 1. The van der Waals surface area contributed by atoms with Crippen molar-refractivity contribution in [3.05, 3.63) is 58.6 Å². The molecule has 1 aliphatic rings. The zero-order valence-corrected chi connectivity index (χ0v) is 19.6. The summed E-state index contributed by atoms with van der Waals surface area (Å²) < 4.78 is 38.6. The Kier molecular flexibility index (Phi) is 8.62. The number of sulfonamides is 1. The Morgan fingerprint density at radius 2 is 2.00 bits per heavy atom. The van der Waals surface area contributed by atoms with Crippen molar-refractivity contribution >= 4 is 39.3 Å². The average molecular weight is 485 g/mol. The van der Waals surface area contributed by atoms with Crippen LogP contribution in [-0.2, 0) is 20.5 Å². The first-order valence-corrected chi connectivity index (χ1v) is 12.8. The van der Waals surface area contributed by atoms with Crippen LogP contribution in [0.25, 0.3) is 0 Å². The predicted molar refractivity (Wildman–Crippen MR) is 123 cm³/mol. The van der Waals surface area contributed by atoms with Gasteiger partial charge < -0.3 is 14.4 Å². The molecule has 1 saturated heterocycles. The first-order chi connectivity index (χ1) is 14.9. The fourth-order valence-electron chi connectivity index (χ4n) is 3.11. The molecule has 1 N–H and O–H groups in total. The summed E-state index contributed by atoms with van der Waals surface area (Å²) in [6.07, 6.45) is 0. The summed E-state index contributed by atoms with van der Waals surface area (Å²) in [4.78, 5) is 14.5. The first-order valence-electron chi connectivity index (χ1n) is 9.77. The molecular weight excluding hydrogens is 460 g/mol. The summed E-state index contributed by atoms with van der Waals surface area (Å²) in [5.41, 5.74) is 1.31. The molecule has 0 unspecified atom stereocenters. The number of ether oxygens (including phenoxy) is 2. The molecule has 0 bridgehead atoms. The van der Waals surface area contributed by atoms with Crippen molar-refractivity contribution < 1.29 is 22.7 Å². The van der Waals surface area contributed by atoms with Gasteiger partial charge in [0.2, 0.25) is 10.0 Å². The van der Waals surface area contributed by atoms with Gasteiger partial charge in [-0.1, -0.05) is 23.7 Å². The lowest BCUT2D eigenvalue weighted by Gasteiger charge is -2.27. The lowest BCUT2D eigenvalue weighted by Crippen LogP contribution is -2.40. The fourth-order valence-corrected chi connectivity index (χ4v) is 5.31. The van der Waals surface area contributed by atoms with Gasteiger partial charge in [-0.25, -0.2) is 13.1 Å². The molecule has 0 aromatic heterocycles. The normalized spacial score (nSPS) is 14.5. The van der Waals surface area contributed by atoms with Crippen LogP contribution in [0, 0.1) is 0 Å². The summed E-state index contributed by atoms with van der Waals surface area (Å²) in [6, 6.07) is 11.9. The number of halogens is 1. The Morgan fingerprint density at radius 3 is 2.71 bits per heavy atom. The third-order valence-corrected chi connectivity index (χ3v) is 7.43. The quantitative estimate of drug-likeness (QED) is 0.551. The van der Waals surface area contributed by atoms with Crippen molar-refractivity contribution in [1.82, 2.24) is 9.62 Å². The number of benzene rings is 2. The second-order valence-electron chi connectivity index (χ2n) is 6.85. The summed E-state index contributed by atoms with van der Waals surface area (Å²) in [5, 5.41) is 0.681. The fraction of sp³-hybridized carbons (Fsp3) is 0.381. The van der Waals surface area contributed by atoms with Crippen LogP contribution in [0.1, 0.15) is 15.9 Å². The molecule has 2 aromatic rings. The number of nitrogens with zero attached hydrogens (tertiary/aromatic N) is 1. The molecule has 3 rings (SSSR count). The van der Waals surface area contributed by atoms with Crippen LogP contribution in [0.5, 0.6) is 5.75 Å². The summed E-state index contributed by atoms with van der Waals surface area (Å²) >= 11 is 7.58. The van der Waals surface area contributed by atoms with E-state index in [0.717, 1.165) is 11.3 Å². The molecule has 7 nitrogen and oxygen atoms in total. The highest BCUT2D eigenvalue weighted by molar-refractivity contribution is 7.98. The molecular formula is C21H25ClN2O5S2. The van der Waals surface area contributed by atoms with E-state index in [1.807, 2.05) is 24.3 Å². The number of amides is 1. The van der Waals surface area contributed by atoms with Crippen molar-refractivity contribution in [1.29, 1.82) is 0 Å². The molecule has 0 radical (unpaired) electrons. The number of hydrogen-bond donors (Lipinski definition) is 1. The van der Waals surface area contributed by atoms with Crippen molar-refractivity contribution in [2.75, 3.05) is 45.7 Å². The summed E-state index contributed by atoms with van der Waals surface area (Å²) in [6.45, 7) is 2.11. The highest BCUT2D eigenvalue weighted by Crippen LogP contribution is 2.24. The summed E-state index contributed by atoms with van der Waals surface area (Å²) in [7, 11) is -2.31. The number of nitrogens with one attached hydrogen (secondary N) is 1. The minimum atomic E-state index is -3.76. The lowest BCUT2D eigenvalue weighted by molar-refractivity contribution is 0.0300. The second kappa shape index (κ2) is 11.2. The van der Waals surface area contributed by atoms with Crippen LogP contribution in [-0.4, -0.2) is 64.9 Å². The van der Waals surface area contributed by atoms with Crippen molar-refractivity contribution in [3.8, 4) is 5.75 Å². The van der Waals surface area contributed by atoms with E-state index >= 15 is 0 Å². The largest absolute Gasteiger partial charge is 0.496 e. The topological polar surface area (TPSA) is 84.9 Å². The third-order valence-electron chi connectivity index (χ3n) is 4.71. The second-order valence-corrected chi connectivity index (χ2v) is 10.2. The minimum Gasteiger partial charge on any atom is -0.496 e. The van der Waals surface area contributed by atoms with Crippen LogP contribution in [0.4, 0.5) is 0 Å². The molecule has 1 heterocycles. The van der Waals surface area contributed by atoms with Crippen LogP contribution < -0.4 is 9.46 Å². The van der Waals surface area contributed by atoms with Gasteiger partial charge in [-0.15, -0.1) is 0 Å². The Labute approximate surface area is 192 Å². The third kappa shape index (κ3) is 6.60. The lowest BCUT2D eigenvalue weighted by atomic mass is 10.1. The number of carbonyl (C=O) groups excluding carboxylic acids is 1. The van der Waals surface area contributed by atoms with Gasteiger partial charge in [-0.2, -0.15) is 11.8 Å². The van der Waals surface area contributed by atoms with E-state index < -0.39 is 10.0 Å².